The van der Waals surface area contributed by atoms with E-state index in [1.54, 1.807) is 13.3 Å². The summed E-state index contributed by atoms with van der Waals surface area (Å²) in [7, 11) is 1.71. The van der Waals surface area contributed by atoms with Gasteiger partial charge in [-0.2, -0.15) is 0 Å². The summed E-state index contributed by atoms with van der Waals surface area (Å²) >= 11 is 6.07. The number of methoxy groups -OCH3 is 1. The second-order valence-electron chi connectivity index (χ2n) is 3.74. The third-order valence-corrected chi connectivity index (χ3v) is 2.67. The third-order valence-electron chi connectivity index (χ3n) is 2.33. The molecule has 1 N–H and O–H groups in total. The zero-order valence-electron chi connectivity index (χ0n) is 9.87. The summed E-state index contributed by atoms with van der Waals surface area (Å²) in [6, 6.07) is 3.99. The minimum atomic E-state index is 0.275. The van der Waals surface area contributed by atoms with Gasteiger partial charge >= 0.3 is 0 Å². The smallest absolute Gasteiger partial charge is 0.0622 e. The lowest BCUT2D eigenvalue weighted by Gasteiger charge is -2.17. The van der Waals surface area contributed by atoms with Crippen LogP contribution in [0.4, 0.5) is 0 Å². The van der Waals surface area contributed by atoms with Crippen molar-refractivity contribution in [1.82, 2.24) is 10.3 Å². The SMILES string of the molecule is CCCNC(COC)Cc1ncccc1Cl. The van der Waals surface area contributed by atoms with Crippen LogP contribution in [-0.2, 0) is 11.2 Å². The molecule has 0 aliphatic rings. The Morgan fingerprint density at radius 1 is 1.56 bits per heavy atom. The molecule has 0 radical (unpaired) electrons. The maximum absolute atomic E-state index is 6.07. The molecule has 4 heteroatoms. The highest BCUT2D eigenvalue weighted by Crippen LogP contribution is 2.14. The molecule has 1 aromatic rings. The number of halogens is 1. The second kappa shape index (κ2) is 7.60. The fourth-order valence-electron chi connectivity index (χ4n) is 1.54. The molecule has 90 valence electrons. The lowest BCUT2D eigenvalue weighted by atomic mass is 10.1. The van der Waals surface area contributed by atoms with Crippen LogP contribution in [0.25, 0.3) is 0 Å². The van der Waals surface area contributed by atoms with Crippen LogP contribution in [0.15, 0.2) is 18.3 Å². The van der Waals surface area contributed by atoms with Gasteiger partial charge in [0.15, 0.2) is 0 Å². The average Bonchev–Trinajstić information content (AvgIpc) is 2.29. The molecule has 0 aliphatic heterocycles. The molecule has 0 saturated carbocycles. The topological polar surface area (TPSA) is 34.1 Å². The first-order valence-electron chi connectivity index (χ1n) is 5.59. The minimum absolute atomic E-state index is 0.275. The molecule has 1 rings (SSSR count). The molecule has 0 aromatic carbocycles. The maximum Gasteiger partial charge on any atom is 0.0622 e. The summed E-state index contributed by atoms with van der Waals surface area (Å²) in [4.78, 5) is 4.28. The van der Waals surface area contributed by atoms with E-state index in [1.807, 2.05) is 12.1 Å². The number of nitrogens with zero attached hydrogens (tertiary/aromatic N) is 1. The fourth-order valence-corrected chi connectivity index (χ4v) is 1.74. The van der Waals surface area contributed by atoms with Crippen LogP contribution in [0.2, 0.25) is 5.02 Å². The van der Waals surface area contributed by atoms with Crippen molar-refractivity contribution in [2.75, 3.05) is 20.3 Å². The normalized spacial score (nSPS) is 12.7. The summed E-state index contributed by atoms with van der Waals surface area (Å²) in [5, 5.41) is 4.15. The first kappa shape index (κ1) is 13.4. The van der Waals surface area contributed by atoms with Gasteiger partial charge in [0.25, 0.3) is 0 Å². The van der Waals surface area contributed by atoms with E-state index < -0.39 is 0 Å². The number of pyridine rings is 1. The Morgan fingerprint density at radius 3 is 3.00 bits per heavy atom. The van der Waals surface area contributed by atoms with Crippen LogP contribution in [-0.4, -0.2) is 31.3 Å². The number of rotatable bonds is 7. The maximum atomic E-state index is 6.07. The van der Waals surface area contributed by atoms with Crippen molar-refractivity contribution in [3.8, 4) is 0 Å². The van der Waals surface area contributed by atoms with Gasteiger partial charge in [-0.05, 0) is 25.1 Å². The van der Waals surface area contributed by atoms with Gasteiger partial charge in [-0.25, -0.2) is 0 Å². The molecule has 1 aromatic heterocycles. The Hall–Kier alpha value is -0.640. The molecule has 1 unspecified atom stereocenters. The molecule has 1 heterocycles. The van der Waals surface area contributed by atoms with Crippen molar-refractivity contribution in [2.24, 2.45) is 0 Å². The predicted molar refractivity (Wildman–Crippen MR) is 66.9 cm³/mol. The van der Waals surface area contributed by atoms with Crippen LogP contribution in [0.5, 0.6) is 0 Å². The summed E-state index contributed by atoms with van der Waals surface area (Å²) in [6.45, 7) is 3.80. The highest BCUT2D eigenvalue weighted by molar-refractivity contribution is 6.31. The first-order valence-corrected chi connectivity index (χ1v) is 5.97. The Bertz CT molecular complexity index is 307. The van der Waals surface area contributed by atoms with Gasteiger partial charge < -0.3 is 10.1 Å². The van der Waals surface area contributed by atoms with E-state index in [4.69, 9.17) is 16.3 Å². The zero-order valence-corrected chi connectivity index (χ0v) is 10.6. The van der Waals surface area contributed by atoms with Gasteiger partial charge in [0.2, 0.25) is 0 Å². The van der Waals surface area contributed by atoms with Crippen LogP contribution in [0, 0.1) is 0 Å². The highest BCUT2D eigenvalue weighted by Gasteiger charge is 2.11. The lowest BCUT2D eigenvalue weighted by Crippen LogP contribution is -2.36. The summed E-state index contributed by atoms with van der Waals surface area (Å²) in [6.07, 6.45) is 3.68. The van der Waals surface area contributed by atoms with Gasteiger partial charge in [0.1, 0.15) is 0 Å². The van der Waals surface area contributed by atoms with Gasteiger partial charge in [0.05, 0.1) is 17.3 Å². The molecule has 0 saturated heterocycles. The van der Waals surface area contributed by atoms with Gasteiger partial charge in [-0.15, -0.1) is 0 Å². The van der Waals surface area contributed by atoms with Crippen LogP contribution in [0.3, 0.4) is 0 Å². The van der Waals surface area contributed by atoms with Crippen LogP contribution in [0.1, 0.15) is 19.0 Å². The molecule has 3 nitrogen and oxygen atoms in total. The van der Waals surface area contributed by atoms with Crippen molar-refractivity contribution >= 4 is 11.6 Å². The Kier molecular flexibility index (Phi) is 6.38. The molecular formula is C12H19ClN2O. The quantitative estimate of drug-likeness (QED) is 0.797. The van der Waals surface area contributed by atoms with E-state index in [0.29, 0.717) is 6.61 Å². The Morgan fingerprint density at radius 2 is 2.38 bits per heavy atom. The van der Waals surface area contributed by atoms with E-state index in [2.05, 4.69) is 17.2 Å². The Balaban J connectivity index is 2.56. The van der Waals surface area contributed by atoms with Gasteiger partial charge in [-0.1, -0.05) is 18.5 Å². The standard InChI is InChI=1S/C12H19ClN2O/c1-3-6-14-10(9-16-2)8-12-11(13)5-4-7-15-12/h4-5,7,10,14H,3,6,8-9H2,1-2H3. The van der Waals surface area contributed by atoms with Crippen LogP contribution < -0.4 is 5.32 Å². The molecule has 0 spiro atoms. The summed E-state index contributed by atoms with van der Waals surface area (Å²) < 4.78 is 5.18. The molecule has 0 aliphatic carbocycles. The van der Waals surface area contributed by atoms with Gasteiger partial charge in [0, 0.05) is 25.8 Å². The number of hydrogen-bond donors (Lipinski definition) is 1. The number of aromatic nitrogens is 1. The van der Waals surface area contributed by atoms with Crippen molar-refractivity contribution in [3.05, 3.63) is 29.0 Å². The molecule has 0 amide bonds. The van der Waals surface area contributed by atoms with E-state index in [9.17, 15) is 0 Å². The number of ether oxygens (including phenoxy) is 1. The van der Waals surface area contributed by atoms with Crippen LogP contribution >= 0.6 is 11.6 Å². The van der Waals surface area contributed by atoms with E-state index in [-0.39, 0.29) is 6.04 Å². The highest BCUT2D eigenvalue weighted by atomic mass is 35.5. The fraction of sp³-hybridized carbons (Fsp3) is 0.583. The summed E-state index contributed by atoms with van der Waals surface area (Å²) in [5.41, 5.74) is 0.926. The van der Waals surface area contributed by atoms with Crippen molar-refractivity contribution in [3.63, 3.8) is 0 Å². The largest absolute Gasteiger partial charge is 0.383 e. The zero-order chi connectivity index (χ0) is 11.8. The van der Waals surface area contributed by atoms with E-state index in [1.165, 1.54) is 0 Å². The Labute approximate surface area is 102 Å². The van der Waals surface area contributed by atoms with E-state index >= 15 is 0 Å². The second-order valence-corrected chi connectivity index (χ2v) is 4.15. The summed E-state index contributed by atoms with van der Waals surface area (Å²) in [5.74, 6) is 0. The average molecular weight is 243 g/mol. The predicted octanol–water partition coefficient (Wildman–Crippen LogP) is 2.29. The third kappa shape index (κ3) is 4.47. The first-order chi connectivity index (χ1) is 7.77. The van der Waals surface area contributed by atoms with Crippen molar-refractivity contribution < 1.29 is 4.74 Å². The molecule has 16 heavy (non-hydrogen) atoms. The monoisotopic (exact) mass is 242 g/mol. The minimum Gasteiger partial charge on any atom is -0.383 e. The molecule has 0 bridgehead atoms. The van der Waals surface area contributed by atoms with E-state index in [0.717, 1.165) is 30.1 Å². The number of hydrogen-bond acceptors (Lipinski definition) is 3. The molecule has 0 fully saturated rings. The molecular weight excluding hydrogens is 224 g/mol. The lowest BCUT2D eigenvalue weighted by molar-refractivity contribution is 0.165. The van der Waals surface area contributed by atoms with Crippen molar-refractivity contribution in [1.29, 1.82) is 0 Å². The van der Waals surface area contributed by atoms with Gasteiger partial charge in [-0.3, -0.25) is 4.98 Å². The number of nitrogens with one attached hydrogen (secondary N) is 1. The molecule has 1 atom stereocenters. The van der Waals surface area contributed by atoms with Crippen molar-refractivity contribution in [2.45, 2.75) is 25.8 Å².